The zero-order valence-corrected chi connectivity index (χ0v) is 17.6. The fourth-order valence-corrected chi connectivity index (χ4v) is 4.34. The van der Waals surface area contributed by atoms with Gasteiger partial charge < -0.3 is 10.8 Å². The van der Waals surface area contributed by atoms with Crippen molar-refractivity contribution >= 4 is 5.69 Å². The number of hydrogen-bond acceptors (Lipinski definition) is 2. The quantitative estimate of drug-likeness (QED) is 0.235. The number of nitrogen functional groups attached to an aromatic ring is 1. The van der Waals surface area contributed by atoms with Crippen LogP contribution in [0.25, 0.3) is 44.5 Å². The normalized spacial score (nSPS) is 10.8. The van der Waals surface area contributed by atoms with Gasteiger partial charge in [-0.05, 0) is 22.3 Å². The summed E-state index contributed by atoms with van der Waals surface area (Å²) in [7, 11) is 0. The lowest BCUT2D eigenvalue weighted by molar-refractivity contribution is 0.480. The Morgan fingerprint density at radius 1 is 0.375 bits per heavy atom. The van der Waals surface area contributed by atoms with Crippen molar-refractivity contribution in [1.82, 2.24) is 0 Å². The smallest absolute Gasteiger partial charge is 0.132 e. The maximum absolute atomic E-state index is 11.8. The first-order chi connectivity index (χ1) is 15.8. The highest BCUT2D eigenvalue weighted by atomic mass is 16.3. The van der Waals surface area contributed by atoms with E-state index in [1.807, 2.05) is 121 Å². The molecule has 32 heavy (non-hydrogen) atoms. The average Bonchev–Trinajstić information content (AvgIpc) is 2.87. The van der Waals surface area contributed by atoms with Crippen molar-refractivity contribution in [1.29, 1.82) is 0 Å². The van der Waals surface area contributed by atoms with Gasteiger partial charge in [0.05, 0.1) is 0 Å². The summed E-state index contributed by atoms with van der Waals surface area (Å²) >= 11 is 0. The van der Waals surface area contributed by atoms with Gasteiger partial charge >= 0.3 is 0 Å². The van der Waals surface area contributed by atoms with E-state index < -0.39 is 0 Å². The molecule has 0 radical (unpaired) electrons. The summed E-state index contributed by atoms with van der Waals surface area (Å²) in [5.74, 6) is 0.231. The highest BCUT2D eigenvalue weighted by molar-refractivity contribution is 6.08. The summed E-state index contributed by atoms with van der Waals surface area (Å²) in [6, 6.07) is 40.0. The molecule has 5 rings (SSSR count). The molecule has 0 atom stereocenters. The van der Waals surface area contributed by atoms with E-state index >= 15 is 0 Å². The number of benzene rings is 5. The van der Waals surface area contributed by atoms with Gasteiger partial charge in [-0.15, -0.1) is 0 Å². The number of nitrogens with two attached hydrogens (primary N) is 1. The molecule has 0 heterocycles. The number of aromatic hydroxyl groups is 1. The first-order valence-corrected chi connectivity index (χ1v) is 10.7. The minimum atomic E-state index is 0.231. The van der Waals surface area contributed by atoms with E-state index in [0.717, 1.165) is 44.5 Å². The monoisotopic (exact) mass is 413 g/mol. The van der Waals surface area contributed by atoms with Crippen LogP contribution in [-0.4, -0.2) is 5.11 Å². The van der Waals surface area contributed by atoms with Crippen molar-refractivity contribution in [2.45, 2.75) is 0 Å². The number of hydrogen-bond donors (Lipinski definition) is 2. The summed E-state index contributed by atoms with van der Waals surface area (Å²) in [5, 5.41) is 11.8. The standard InChI is InChI=1S/C30H23NO/c31-29-25(21-13-5-1-6-14-21)27(23-17-9-3-10-18-23)30(32)28(24-19-11-4-12-20-24)26(29)22-15-7-2-8-16-22/h1-20,32H,31H2. The van der Waals surface area contributed by atoms with E-state index in [2.05, 4.69) is 0 Å². The minimum absolute atomic E-state index is 0.231. The van der Waals surface area contributed by atoms with E-state index in [0.29, 0.717) is 5.69 Å². The topological polar surface area (TPSA) is 46.2 Å². The number of anilines is 1. The first-order valence-electron chi connectivity index (χ1n) is 10.7. The Morgan fingerprint density at radius 3 is 0.906 bits per heavy atom. The maximum Gasteiger partial charge on any atom is 0.132 e. The SMILES string of the molecule is Nc1c(-c2ccccc2)c(-c2ccccc2)c(O)c(-c2ccccc2)c1-c1ccccc1. The van der Waals surface area contributed by atoms with Crippen LogP contribution < -0.4 is 5.73 Å². The predicted molar refractivity (Wildman–Crippen MR) is 134 cm³/mol. The van der Waals surface area contributed by atoms with E-state index in [-0.39, 0.29) is 5.75 Å². The fraction of sp³-hybridized carbons (Fsp3) is 0. The van der Waals surface area contributed by atoms with E-state index in [4.69, 9.17) is 5.73 Å². The molecule has 0 saturated carbocycles. The summed E-state index contributed by atoms with van der Waals surface area (Å²) in [4.78, 5) is 0. The Balaban J connectivity index is 1.97. The first kappa shape index (κ1) is 19.7. The molecule has 0 aliphatic rings. The average molecular weight is 414 g/mol. The number of phenolic OH excluding ortho intramolecular Hbond substituents is 1. The molecule has 154 valence electrons. The second kappa shape index (κ2) is 8.44. The van der Waals surface area contributed by atoms with Crippen LogP contribution in [0, 0.1) is 0 Å². The molecule has 2 nitrogen and oxygen atoms in total. The van der Waals surface area contributed by atoms with Crippen LogP contribution in [0.4, 0.5) is 5.69 Å². The Morgan fingerprint density at radius 2 is 0.625 bits per heavy atom. The second-order valence-electron chi connectivity index (χ2n) is 7.73. The molecule has 0 unspecified atom stereocenters. The molecular weight excluding hydrogens is 390 g/mol. The van der Waals surface area contributed by atoms with Gasteiger partial charge in [0.15, 0.2) is 0 Å². The second-order valence-corrected chi connectivity index (χ2v) is 7.73. The zero-order valence-electron chi connectivity index (χ0n) is 17.6. The fourth-order valence-electron chi connectivity index (χ4n) is 4.34. The molecule has 0 aliphatic carbocycles. The minimum Gasteiger partial charge on any atom is -0.507 e. The third kappa shape index (κ3) is 3.42. The third-order valence-corrected chi connectivity index (χ3v) is 5.76. The van der Waals surface area contributed by atoms with Crippen LogP contribution in [0.15, 0.2) is 121 Å². The lowest BCUT2D eigenvalue weighted by Gasteiger charge is -2.23. The Labute approximate surface area is 188 Å². The van der Waals surface area contributed by atoms with E-state index in [1.54, 1.807) is 0 Å². The highest BCUT2D eigenvalue weighted by Gasteiger charge is 2.25. The Hall–Kier alpha value is -4.30. The van der Waals surface area contributed by atoms with Gasteiger partial charge in [-0.2, -0.15) is 0 Å². The maximum atomic E-state index is 11.8. The van der Waals surface area contributed by atoms with Crippen LogP contribution in [0.1, 0.15) is 0 Å². The number of rotatable bonds is 4. The highest BCUT2D eigenvalue weighted by Crippen LogP contribution is 2.53. The van der Waals surface area contributed by atoms with Gasteiger partial charge in [0.1, 0.15) is 5.75 Å². The van der Waals surface area contributed by atoms with Crippen molar-refractivity contribution in [3.63, 3.8) is 0 Å². The molecule has 0 fully saturated rings. The van der Waals surface area contributed by atoms with Gasteiger partial charge in [-0.3, -0.25) is 0 Å². The molecule has 5 aromatic carbocycles. The zero-order chi connectivity index (χ0) is 21.9. The lowest BCUT2D eigenvalue weighted by Crippen LogP contribution is -2.01. The molecule has 2 heteroatoms. The third-order valence-electron chi connectivity index (χ3n) is 5.76. The molecule has 0 saturated heterocycles. The van der Waals surface area contributed by atoms with Crippen molar-refractivity contribution in [3.05, 3.63) is 121 Å². The van der Waals surface area contributed by atoms with Crippen LogP contribution in [0.5, 0.6) is 5.75 Å². The van der Waals surface area contributed by atoms with Crippen molar-refractivity contribution in [3.8, 4) is 50.3 Å². The predicted octanol–water partition coefficient (Wildman–Crippen LogP) is 7.64. The largest absolute Gasteiger partial charge is 0.507 e. The van der Waals surface area contributed by atoms with Crippen LogP contribution in [-0.2, 0) is 0 Å². The van der Waals surface area contributed by atoms with E-state index in [9.17, 15) is 5.11 Å². The molecule has 0 amide bonds. The van der Waals surface area contributed by atoms with Crippen LogP contribution in [0.3, 0.4) is 0 Å². The summed E-state index contributed by atoms with van der Waals surface area (Å²) < 4.78 is 0. The van der Waals surface area contributed by atoms with Gasteiger partial charge in [-0.25, -0.2) is 0 Å². The Bertz CT molecular complexity index is 1130. The van der Waals surface area contributed by atoms with Gasteiger partial charge in [0.25, 0.3) is 0 Å². The molecule has 0 spiro atoms. The molecule has 5 aromatic rings. The molecule has 3 N–H and O–H groups in total. The van der Waals surface area contributed by atoms with Crippen molar-refractivity contribution < 1.29 is 5.11 Å². The molecule has 0 aromatic heterocycles. The van der Waals surface area contributed by atoms with Gasteiger partial charge in [0.2, 0.25) is 0 Å². The van der Waals surface area contributed by atoms with Crippen LogP contribution >= 0.6 is 0 Å². The summed E-state index contributed by atoms with van der Waals surface area (Å²) in [6.45, 7) is 0. The van der Waals surface area contributed by atoms with E-state index in [1.165, 1.54) is 0 Å². The molecule has 0 bridgehead atoms. The van der Waals surface area contributed by atoms with Crippen molar-refractivity contribution in [2.75, 3.05) is 5.73 Å². The van der Waals surface area contributed by atoms with Crippen LogP contribution in [0.2, 0.25) is 0 Å². The van der Waals surface area contributed by atoms with Crippen molar-refractivity contribution in [2.24, 2.45) is 0 Å². The lowest BCUT2D eigenvalue weighted by atomic mass is 9.83. The summed E-state index contributed by atoms with van der Waals surface area (Å²) in [6.07, 6.45) is 0. The van der Waals surface area contributed by atoms with Gasteiger partial charge in [0, 0.05) is 27.9 Å². The molecule has 0 aliphatic heterocycles. The Kier molecular flexibility index (Phi) is 5.19. The van der Waals surface area contributed by atoms with Gasteiger partial charge in [-0.1, -0.05) is 121 Å². The number of phenols is 1. The summed E-state index contributed by atoms with van der Waals surface area (Å²) in [5.41, 5.74) is 14.6. The molecular formula is C30H23NO.